The zero-order valence-corrected chi connectivity index (χ0v) is 13.1. The van der Waals surface area contributed by atoms with Gasteiger partial charge >= 0.3 is 0 Å². The highest BCUT2D eigenvalue weighted by Gasteiger charge is 2.07. The first kappa shape index (κ1) is 14.8. The van der Waals surface area contributed by atoms with E-state index in [-0.39, 0.29) is 6.04 Å². The maximum absolute atomic E-state index is 6.10. The average molecular weight is 305 g/mol. The van der Waals surface area contributed by atoms with Crippen LogP contribution in [0.15, 0.2) is 48.5 Å². The van der Waals surface area contributed by atoms with Crippen LogP contribution in [0, 0.1) is 6.92 Å². The van der Waals surface area contributed by atoms with E-state index in [2.05, 4.69) is 29.7 Å². The van der Waals surface area contributed by atoms with Gasteiger partial charge in [0.25, 0.3) is 0 Å². The van der Waals surface area contributed by atoms with Crippen LogP contribution in [0.5, 0.6) is 0 Å². The molecular weight excluding hydrogens is 288 g/mol. The van der Waals surface area contributed by atoms with Crippen LogP contribution >= 0.6 is 23.8 Å². The number of anilines is 1. The number of aryl methyl sites for hydroxylation is 1. The van der Waals surface area contributed by atoms with Crippen molar-refractivity contribution in [2.75, 3.05) is 5.32 Å². The van der Waals surface area contributed by atoms with Gasteiger partial charge in [0.05, 0.1) is 6.04 Å². The van der Waals surface area contributed by atoms with Gasteiger partial charge in [0.2, 0.25) is 0 Å². The number of nitrogens with one attached hydrogen (secondary N) is 2. The predicted molar refractivity (Wildman–Crippen MR) is 90.4 cm³/mol. The van der Waals surface area contributed by atoms with Crippen molar-refractivity contribution in [1.82, 2.24) is 5.32 Å². The van der Waals surface area contributed by atoms with Crippen molar-refractivity contribution in [2.45, 2.75) is 19.9 Å². The van der Waals surface area contributed by atoms with E-state index in [4.69, 9.17) is 23.8 Å². The third kappa shape index (κ3) is 3.95. The van der Waals surface area contributed by atoms with Gasteiger partial charge in [-0.1, -0.05) is 48.0 Å². The molecular formula is C16H17ClN2S. The first-order chi connectivity index (χ1) is 9.56. The van der Waals surface area contributed by atoms with E-state index in [0.717, 1.165) is 16.3 Å². The smallest absolute Gasteiger partial charge is 0.171 e. The summed E-state index contributed by atoms with van der Waals surface area (Å²) >= 11 is 11.4. The molecule has 0 saturated carbocycles. The molecule has 2 rings (SSSR count). The summed E-state index contributed by atoms with van der Waals surface area (Å²) in [5.41, 5.74) is 3.13. The van der Waals surface area contributed by atoms with Crippen LogP contribution < -0.4 is 10.6 Å². The van der Waals surface area contributed by atoms with E-state index >= 15 is 0 Å². The number of rotatable bonds is 3. The summed E-state index contributed by atoms with van der Waals surface area (Å²) in [6.45, 7) is 4.05. The lowest BCUT2D eigenvalue weighted by atomic mass is 10.1. The van der Waals surface area contributed by atoms with Gasteiger partial charge in [-0.3, -0.25) is 0 Å². The molecule has 0 saturated heterocycles. The molecule has 0 bridgehead atoms. The number of halogens is 1. The molecule has 1 unspecified atom stereocenters. The molecule has 20 heavy (non-hydrogen) atoms. The van der Waals surface area contributed by atoms with Crippen LogP contribution in [0.4, 0.5) is 5.69 Å². The highest BCUT2D eigenvalue weighted by Crippen LogP contribution is 2.20. The lowest BCUT2D eigenvalue weighted by Crippen LogP contribution is -2.30. The van der Waals surface area contributed by atoms with Crippen LogP contribution in [0.25, 0.3) is 0 Å². The Morgan fingerprint density at radius 3 is 2.50 bits per heavy atom. The monoisotopic (exact) mass is 304 g/mol. The number of thiocarbonyl (C=S) groups is 1. The Hall–Kier alpha value is -1.58. The molecule has 104 valence electrons. The van der Waals surface area contributed by atoms with Crippen LogP contribution in [0.3, 0.4) is 0 Å². The molecule has 0 spiro atoms. The standard InChI is InChI=1S/C16H17ClN2S/c1-11-8-9-14(10-15(11)17)19-16(20)18-12(2)13-6-4-3-5-7-13/h3-10,12H,1-2H3,(H2,18,19,20). The lowest BCUT2D eigenvalue weighted by molar-refractivity contribution is 0.722. The summed E-state index contributed by atoms with van der Waals surface area (Å²) < 4.78 is 0. The quantitative estimate of drug-likeness (QED) is 0.804. The van der Waals surface area contributed by atoms with E-state index in [1.54, 1.807) is 0 Å². The first-order valence-electron chi connectivity index (χ1n) is 6.45. The molecule has 0 fully saturated rings. The van der Waals surface area contributed by atoms with E-state index in [0.29, 0.717) is 5.11 Å². The molecule has 0 aliphatic rings. The molecule has 0 aromatic heterocycles. The largest absolute Gasteiger partial charge is 0.356 e. The molecule has 4 heteroatoms. The van der Waals surface area contributed by atoms with Gasteiger partial charge in [-0.05, 0) is 49.3 Å². The van der Waals surface area contributed by atoms with Gasteiger partial charge in [-0.25, -0.2) is 0 Å². The minimum absolute atomic E-state index is 0.150. The van der Waals surface area contributed by atoms with Crippen LogP contribution in [0.2, 0.25) is 5.02 Å². The van der Waals surface area contributed by atoms with Gasteiger partial charge in [0.15, 0.2) is 5.11 Å². The zero-order chi connectivity index (χ0) is 14.5. The van der Waals surface area contributed by atoms with Crippen LogP contribution in [0.1, 0.15) is 24.1 Å². The van der Waals surface area contributed by atoms with Crippen molar-refractivity contribution in [1.29, 1.82) is 0 Å². The van der Waals surface area contributed by atoms with Crippen molar-refractivity contribution < 1.29 is 0 Å². The van der Waals surface area contributed by atoms with E-state index in [9.17, 15) is 0 Å². The molecule has 0 radical (unpaired) electrons. The number of hydrogen-bond donors (Lipinski definition) is 2. The Morgan fingerprint density at radius 2 is 1.85 bits per heavy atom. The topological polar surface area (TPSA) is 24.1 Å². The molecule has 0 heterocycles. The normalized spacial score (nSPS) is 11.8. The summed E-state index contributed by atoms with van der Waals surface area (Å²) in [5.74, 6) is 0. The van der Waals surface area contributed by atoms with Crippen molar-refractivity contribution in [3.8, 4) is 0 Å². The van der Waals surface area contributed by atoms with Crippen LogP contribution in [-0.2, 0) is 0 Å². The summed E-state index contributed by atoms with van der Waals surface area (Å²) in [5, 5.41) is 7.72. The van der Waals surface area contributed by atoms with Gasteiger partial charge in [0.1, 0.15) is 0 Å². The third-order valence-corrected chi connectivity index (χ3v) is 3.70. The summed E-state index contributed by atoms with van der Waals surface area (Å²) in [6, 6.07) is 16.1. The van der Waals surface area contributed by atoms with E-state index in [1.165, 1.54) is 5.56 Å². The summed E-state index contributed by atoms with van der Waals surface area (Å²) in [6.07, 6.45) is 0. The Kier molecular flexibility index (Phi) is 4.99. The van der Waals surface area contributed by atoms with Gasteiger partial charge in [0, 0.05) is 10.7 Å². The Morgan fingerprint density at radius 1 is 1.15 bits per heavy atom. The fourth-order valence-corrected chi connectivity index (χ4v) is 2.33. The predicted octanol–water partition coefficient (Wildman–Crippen LogP) is 4.70. The fourth-order valence-electron chi connectivity index (χ4n) is 1.86. The lowest BCUT2D eigenvalue weighted by Gasteiger charge is -2.17. The Bertz CT molecular complexity index is 599. The molecule has 2 aromatic carbocycles. The van der Waals surface area contributed by atoms with Crippen molar-refractivity contribution in [2.24, 2.45) is 0 Å². The summed E-state index contributed by atoms with van der Waals surface area (Å²) in [4.78, 5) is 0. The highest BCUT2D eigenvalue weighted by molar-refractivity contribution is 7.80. The van der Waals surface area contributed by atoms with Gasteiger partial charge < -0.3 is 10.6 Å². The molecule has 0 amide bonds. The first-order valence-corrected chi connectivity index (χ1v) is 7.23. The zero-order valence-electron chi connectivity index (χ0n) is 11.5. The molecule has 0 aliphatic carbocycles. The SMILES string of the molecule is Cc1ccc(NC(=S)NC(C)c2ccccc2)cc1Cl. The number of benzene rings is 2. The minimum atomic E-state index is 0.150. The maximum Gasteiger partial charge on any atom is 0.171 e. The van der Waals surface area contributed by atoms with E-state index in [1.807, 2.05) is 43.3 Å². The molecule has 2 N–H and O–H groups in total. The molecule has 2 nitrogen and oxygen atoms in total. The van der Waals surface area contributed by atoms with Crippen molar-refractivity contribution in [3.05, 3.63) is 64.7 Å². The average Bonchev–Trinajstić information content (AvgIpc) is 2.44. The number of hydrogen-bond acceptors (Lipinski definition) is 1. The second-order valence-electron chi connectivity index (χ2n) is 4.69. The summed E-state index contributed by atoms with van der Waals surface area (Å²) in [7, 11) is 0. The minimum Gasteiger partial charge on any atom is -0.356 e. The van der Waals surface area contributed by atoms with Crippen molar-refractivity contribution in [3.63, 3.8) is 0 Å². The molecule has 0 aliphatic heterocycles. The second-order valence-corrected chi connectivity index (χ2v) is 5.51. The van der Waals surface area contributed by atoms with Gasteiger partial charge in [-0.15, -0.1) is 0 Å². The molecule has 2 aromatic rings. The Labute approximate surface area is 130 Å². The fraction of sp³-hybridized carbons (Fsp3) is 0.188. The van der Waals surface area contributed by atoms with Crippen LogP contribution in [-0.4, -0.2) is 5.11 Å². The second kappa shape index (κ2) is 6.73. The van der Waals surface area contributed by atoms with E-state index < -0.39 is 0 Å². The molecule has 1 atom stereocenters. The Balaban J connectivity index is 1.97. The maximum atomic E-state index is 6.10. The third-order valence-electron chi connectivity index (χ3n) is 3.08. The highest BCUT2D eigenvalue weighted by atomic mass is 35.5. The van der Waals surface area contributed by atoms with Gasteiger partial charge in [-0.2, -0.15) is 0 Å². The van der Waals surface area contributed by atoms with Crippen molar-refractivity contribution >= 4 is 34.6 Å².